The van der Waals surface area contributed by atoms with Crippen molar-refractivity contribution in [3.8, 4) is 5.75 Å². The molecule has 0 saturated carbocycles. The molecule has 1 aromatic heterocycles. The van der Waals surface area contributed by atoms with Crippen LogP contribution in [0.4, 0.5) is 14.6 Å². The van der Waals surface area contributed by atoms with Crippen molar-refractivity contribution in [2.24, 2.45) is 0 Å². The first-order valence-electron chi connectivity index (χ1n) is 6.39. The molecule has 0 radical (unpaired) electrons. The zero-order valence-corrected chi connectivity index (χ0v) is 11.2. The van der Waals surface area contributed by atoms with E-state index in [4.69, 9.17) is 5.73 Å². The first-order chi connectivity index (χ1) is 9.56. The average Bonchev–Trinajstić information content (AvgIpc) is 2.83. The molecule has 4 nitrogen and oxygen atoms in total. The van der Waals surface area contributed by atoms with Crippen LogP contribution >= 0.6 is 0 Å². The maximum atomic E-state index is 12.0. The largest absolute Gasteiger partial charge is 0.435 e. The van der Waals surface area contributed by atoms with E-state index in [1.165, 1.54) is 0 Å². The van der Waals surface area contributed by atoms with Gasteiger partial charge in [0.2, 0.25) is 0 Å². The zero-order chi connectivity index (χ0) is 14.5. The number of aromatic nitrogens is 2. The summed E-state index contributed by atoms with van der Waals surface area (Å²) in [5.74, 6) is 0.811. The van der Waals surface area contributed by atoms with Gasteiger partial charge in [0, 0.05) is 0 Å². The van der Waals surface area contributed by atoms with Crippen LogP contribution in [0.15, 0.2) is 36.5 Å². The average molecular weight is 281 g/mol. The van der Waals surface area contributed by atoms with Crippen LogP contribution in [0.25, 0.3) is 0 Å². The molecule has 1 unspecified atom stereocenters. The SMILES string of the molecule is CC(CCc1ccc(OC(F)F)cc1)n1nccc1N. The van der Waals surface area contributed by atoms with Crippen molar-refractivity contribution >= 4 is 5.82 Å². The Bertz CT molecular complexity index is 540. The Balaban J connectivity index is 1.89. The number of nitrogens with zero attached hydrogens (tertiary/aromatic N) is 2. The Labute approximate surface area is 116 Å². The molecule has 2 aromatic rings. The molecule has 108 valence electrons. The van der Waals surface area contributed by atoms with Gasteiger partial charge in [-0.15, -0.1) is 0 Å². The van der Waals surface area contributed by atoms with Gasteiger partial charge in [-0.25, -0.2) is 4.68 Å². The van der Waals surface area contributed by atoms with E-state index < -0.39 is 6.61 Å². The molecule has 2 N–H and O–H groups in total. The Morgan fingerprint density at radius 1 is 1.25 bits per heavy atom. The van der Waals surface area contributed by atoms with E-state index in [2.05, 4.69) is 9.84 Å². The van der Waals surface area contributed by atoms with Crippen LogP contribution in [0, 0.1) is 0 Å². The molecule has 0 aliphatic carbocycles. The fourth-order valence-electron chi connectivity index (χ4n) is 2.03. The number of nitrogens with two attached hydrogens (primary N) is 1. The van der Waals surface area contributed by atoms with Gasteiger partial charge in [-0.1, -0.05) is 12.1 Å². The highest BCUT2D eigenvalue weighted by Gasteiger charge is 2.09. The van der Waals surface area contributed by atoms with Crippen LogP contribution < -0.4 is 10.5 Å². The topological polar surface area (TPSA) is 53.1 Å². The van der Waals surface area contributed by atoms with E-state index in [9.17, 15) is 8.78 Å². The van der Waals surface area contributed by atoms with Gasteiger partial charge in [-0.05, 0) is 43.5 Å². The van der Waals surface area contributed by atoms with Gasteiger partial charge in [0.1, 0.15) is 11.6 Å². The fraction of sp³-hybridized carbons (Fsp3) is 0.357. The summed E-state index contributed by atoms with van der Waals surface area (Å²) >= 11 is 0. The molecule has 1 aromatic carbocycles. The molecule has 1 heterocycles. The quantitative estimate of drug-likeness (QED) is 0.884. The summed E-state index contributed by atoms with van der Waals surface area (Å²) in [4.78, 5) is 0. The van der Waals surface area contributed by atoms with Crippen molar-refractivity contribution in [1.29, 1.82) is 0 Å². The summed E-state index contributed by atoms with van der Waals surface area (Å²) in [5.41, 5.74) is 6.85. The number of rotatable bonds is 6. The minimum Gasteiger partial charge on any atom is -0.435 e. The number of hydrogen-bond donors (Lipinski definition) is 1. The maximum absolute atomic E-state index is 12.0. The summed E-state index contributed by atoms with van der Waals surface area (Å²) in [5, 5.41) is 4.16. The number of benzene rings is 1. The standard InChI is InChI=1S/C14H17F2N3O/c1-10(19-13(17)8-9-18-19)2-3-11-4-6-12(7-5-11)20-14(15)16/h4-10,14H,2-3,17H2,1H3. The molecule has 0 amide bonds. The highest BCUT2D eigenvalue weighted by atomic mass is 19.3. The van der Waals surface area contributed by atoms with Crippen LogP contribution in [0.5, 0.6) is 5.75 Å². The van der Waals surface area contributed by atoms with E-state index in [0.717, 1.165) is 18.4 Å². The van der Waals surface area contributed by atoms with E-state index in [1.54, 1.807) is 41.2 Å². The lowest BCUT2D eigenvalue weighted by atomic mass is 10.1. The molecule has 0 aliphatic rings. The van der Waals surface area contributed by atoms with Gasteiger partial charge >= 0.3 is 6.61 Å². The van der Waals surface area contributed by atoms with E-state index in [0.29, 0.717) is 5.82 Å². The van der Waals surface area contributed by atoms with E-state index in [-0.39, 0.29) is 11.8 Å². The van der Waals surface area contributed by atoms with Gasteiger partial charge < -0.3 is 10.5 Å². The summed E-state index contributed by atoms with van der Waals surface area (Å²) in [6.45, 7) is -0.749. The van der Waals surface area contributed by atoms with Crippen LogP contribution in [-0.4, -0.2) is 16.4 Å². The molecule has 0 bridgehead atoms. The number of ether oxygens (including phenoxy) is 1. The Hall–Kier alpha value is -2.11. The Morgan fingerprint density at radius 3 is 2.50 bits per heavy atom. The van der Waals surface area contributed by atoms with Gasteiger partial charge in [0.25, 0.3) is 0 Å². The predicted molar refractivity (Wildman–Crippen MR) is 72.7 cm³/mol. The zero-order valence-electron chi connectivity index (χ0n) is 11.2. The van der Waals surface area contributed by atoms with Crippen LogP contribution in [-0.2, 0) is 6.42 Å². The molecule has 2 rings (SSSR count). The first kappa shape index (κ1) is 14.3. The molecule has 0 saturated heterocycles. The van der Waals surface area contributed by atoms with Gasteiger partial charge in [-0.2, -0.15) is 13.9 Å². The Morgan fingerprint density at radius 2 is 1.95 bits per heavy atom. The smallest absolute Gasteiger partial charge is 0.387 e. The van der Waals surface area contributed by atoms with Crippen molar-refractivity contribution in [2.45, 2.75) is 32.4 Å². The summed E-state index contributed by atoms with van der Waals surface area (Å²) in [6, 6.07) is 8.62. The number of halogens is 2. The molecule has 0 fully saturated rings. The molecule has 0 aliphatic heterocycles. The number of hydrogen-bond acceptors (Lipinski definition) is 3. The molecule has 6 heteroatoms. The molecule has 20 heavy (non-hydrogen) atoms. The summed E-state index contributed by atoms with van der Waals surface area (Å²) in [6.07, 6.45) is 3.35. The minimum absolute atomic E-state index is 0.174. The van der Waals surface area contributed by atoms with Crippen molar-refractivity contribution < 1.29 is 13.5 Å². The molecular weight excluding hydrogens is 264 g/mol. The lowest BCUT2D eigenvalue weighted by molar-refractivity contribution is -0.0498. The van der Waals surface area contributed by atoms with E-state index >= 15 is 0 Å². The third-order valence-corrected chi connectivity index (χ3v) is 3.12. The molecule has 1 atom stereocenters. The monoisotopic (exact) mass is 281 g/mol. The lowest BCUT2D eigenvalue weighted by Crippen LogP contribution is -2.11. The van der Waals surface area contributed by atoms with Crippen LogP contribution in [0.1, 0.15) is 24.9 Å². The number of aryl methyl sites for hydroxylation is 1. The molecular formula is C14H17F2N3O. The van der Waals surface area contributed by atoms with Gasteiger partial charge in [0.15, 0.2) is 0 Å². The van der Waals surface area contributed by atoms with Gasteiger partial charge in [-0.3, -0.25) is 0 Å². The summed E-state index contributed by atoms with van der Waals surface area (Å²) < 4.78 is 30.1. The second-order valence-corrected chi connectivity index (χ2v) is 4.61. The van der Waals surface area contributed by atoms with Gasteiger partial charge in [0.05, 0.1) is 12.2 Å². The lowest BCUT2D eigenvalue weighted by Gasteiger charge is -2.14. The fourth-order valence-corrected chi connectivity index (χ4v) is 2.03. The van der Waals surface area contributed by atoms with Crippen molar-refractivity contribution in [1.82, 2.24) is 9.78 Å². The third kappa shape index (κ3) is 3.69. The van der Waals surface area contributed by atoms with Crippen molar-refractivity contribution in [3.05, 3.63) is 42.1 Å². The third-order valence-electron chi connectivity index (χ3n) is 3.12. The van der Waals surface area contributed by atoms with Crippen molar-refractivity contribution in [2.75, 3.05) is 5.73 Å². The first-order valence-corrected chi connectivity index (χ1v) is 6.39. The van der Waals surface area contributed by atoms with Crippen molar-refractivity contribution in [3.63, 3.8) is 0 Å². The minimum atomic E-state index is -2.79. The number of nitrogen functional groups attached to an aromatic ring is 1. The normalized spacial score (nSPS) is 12.6. The molecule has 0 spiro atoms. The number of anilines is 1. The number of alkyl halides is 2. The highest BCUT2D eigenvalue weighted by Crippen LogP contribution is 2.19. The maximum Gasteiger partial charge on any atom is 0.387 e. The highest BCUT2D eigenvalue weighted by molar-refractivity contribution is 5.28. The van der Waals surface area contributed by atoms with E-state index in [1.807, 2.05) is 6.92 Å². The second-order valence-electron chi connectivity index (χ2n) is 4.61. The van der Waals surface area contributed by atoms with Crippen LogP contribution in [0.3, 0.4) is 0 Å². The van der Waals surface area contributed by atoms with Crippen LogP contribution in [0.2, 0.25) is 0 Å². The summed E-state index contributed by atoms with van der Waals surface area (Å²) in [7, 11) is 0. The Kier molecular flexibility index (Phi) is 4.55. The second kappa shape index (κ2) is 6.36. The predicted octanol–water partition coefficient (Wildman–Crippen LogP) is 3.26.